The van der Waals surface area contributed by atoms with Crippen LogP contribution in [0.1, 0.15) is 25.5 Å². The van der Waals surface area contributed by atoms with Gasteiger partial charge in [-0.1, -0.05) is 30.8 Å². The molecule has 3 heterocycles. The molecule has 9 nitrogen and oxygen atoms in total. The molecule has 4 rings (SSSR count). The summed E-state index contributed by atoms with van der Waals surface area (Å²) < 4.78 is 26.0. The zero-order valence-electron chi connectivity index (χ0n) is 18.7. The van der Waals surface area contributed by atoms with E-state index in [0.717, 1.165) is 44.1 Å². The van der Waals surface area contributed by atoms with E-state index in [2.05, 4.69) is 25.6 Å². The fourth-order valence-corrected chi connectivity index (χ4v) is 4.16. The van der Waals surface area contributed by atoms with E-state index >= 15 is 0 Å². The Balaban J connectivity index is 1.45. The highest BCUT2D eigenvalue weighted by Gasteiger charge is 2.18. The number of carbonyl (C=O) groups is 1. The van der Waals surface area contributed by atoms with E-state index in [1.165, 1.54) is 23.9 Å². The lowest BCUT2D eigenvalue weighted by atomic mass is 10.1. The van der Waals surface area contributed by atoms with Crippen LogP contribution in [0.2, 0.25) is 0 Å². The van der Waals surface area contributed by atoms with Crippen LogP contribution in [-0.4, -0.2) is 69.3 Å². The Morgan fingerprint density at radius 2 is 1.94 bits per heavy atom. The quantitative estimate of drug-likeness (QED) is 0.472. The Morgan fingerprint density at radius 1 is 1.18 bits per heavy atom. The second-order valence-electron chi connectivity index (χ2n) is 8.03. The molecule has 0 unspecified atom stereocenters. The first-order chi connectivity index (χ1) is 16.0. The molecule has 2 aromatic heterocycles. The molecular formula is C22H27FN6O3S. The monoisotopic (exact) mass is 474 g/mol. The van der Waals surface area contributed by atoms with Gasteiger partial charge in [0.25, 0.3) is 0 Å². The third-order valence-electron chi connectivity index (χ3n) is 5.28. The zero-order chi connectivity index (χ0) is 23.2. The minimum atomic E-state index is -0.308. The van der Waals surface area contributed by atoms with Crippen LogP contribution in [0.25, 0.3) is 11.4 Å². The van der Waals surface area contributed by atoms with Crippen molar-refractivity contribution >= 4 is 23.6 Å². The van der Waals surface area contributed by atoms with Gasteiger partial charge in [0.1, 0.15) is 5.82 Å². The van der Waals surface area contributed by atoms with Crippen molar-refractivity contribution in [3.05, 3.63) is 41.8 Å². The molecule has 0 radical (unpaired) electrons. The summed E-state index contributed by atoms with van der Waals surface area (Å²) >= 11 is 1.29. The smallest absolute Gasteiger partial charge is 0.237 e. The SMILES string of the molecule is CC(C)c1cc(NC(=O)CSc2nnc(-c3ccc(F)cc3)n2CCN2CCOCC2)on1. The molecule has 1 saturated heterocycles. The van der Waals surface area contributed by atoms with Crippen LogP contribution >= 0.6 is 11.8 Å². The van der Waals surface area contributed by atoms with Crippen LogP contribution in [0.15, 0.2) is 40.0 Å². The summed E-state index contributed by atoms with van der Waals surface area (Å²) in [5.74, 6) is 0.781. The number of nitrogens with one attached hydrogen (secondary N) is 1. The molecule has 33 heavy (non-hydrogen) atoms. The third-order valence-corrected chi connectivity index (χ3v) is 6.24. The minimum Gasteiger partial charge on any atom is -0.379 e. The molecule has 1 fully saturated rings. The number of amides is 1. The van der Waals surface area contributed by atoms with Gasteiger partial charge in [-0.15, -0.1) is 10.2 Å². The van der Waals surface area contributed by atoms with Crippen LogP contribution in [0.5, 0.6) is 0 Å². The first kappa shape index (κ1) is 23.4. The number of hydrogen-bond acceptors (Lipinski definition) is 8. The maximum atomic E-state index is 13.4. The summed E-state index contributed by atoms with van der Waals surface area (Å²) in [7, 11) is 0. The highest BCUT2D eigenvalue weighted by Crippen LogP contribution is 2.25. The van der Waals surface area contributed by atoms with Crippen molar-refractivity contribution in [2.45, 2.75) is 31.5 Å². The second kappa shape index (κ2) is 10.9. The predicted octanol–water partition coefficient (Wildman–Crippen LogP) is 3.26. The van der Waals surface area contributed by atoms with Crippen LogP contribution < -0.4 is 5.32 Å². The summed E-state index contributed by atoms with van der Waals surface area (Å²) in [5.41, 5.74) is 1.55. The molecule has 0 aliphatic carbocycles. The minimum absolute atomic E-state index is 0.136. The van der Waals surface area contributed by atoms with Gasteiger partial charge in [-0.25, -0.2) is 4.39 Å². The van der Waals surface area contributed by atoms with Crippen molar-refractivity contribution in [1.29, 1.82) is 0 Å². The molecule has 176 valence electrons. The molecule has 11 heteroatoms. The van der Waals surface area contributed by atoms with Crippen molar-refractivity contribution in [3.63, 3.8) is 0 Å². The Labute approximate surface area is 195 Å². The number of thioether (sulfide) groups is 1. The molecule has 1 N–H and O–H groups in total. The summed E-state index contributed by atoms with van der Waals surface area (Å²) in [6, 6.07) is 7.90. The van der Waals surface area contributed by atoms with Crippen molar-refractivity contribution in [2.75, 3.05) is 43.9 Å². The van der Waals surface area contributed by atoms with Gasteiger partial charge in [-0.3, -0.25) is 15.0 Å². The fraction of sp³-hybridized carbons (Fsp3) is 0.455. The number of anilines is 1. The molecule has 0 spiro atoms. The largest absolute Gasteiger partial charge is 0.379 e. The van der Waals surface area contributed by atoms with Gasteiger partial charge in [0.2, 0.25) is 11.8 Å². The molecule has 1 aliphatic heterocycles. The van der Waals surface area contributed by atoms with E-state index in [4.69, 9.17) is 9.26 Å². The number of benzene rings is 1. The standard InChI is InChI=1S/C22H27FN6O3S/c1-15(2)18-13-20(32-27-18)24-19(30)14-33-22-26-25-21(16-3-5-17(23)6-4-16)29(22)8-7-28-9-11-31-12-10-28/h3-6,13,15H,7-12,14H2,1-2H3,(H,24,30). The van der Waals surface area contributed by atoms with Gasteiger partial charge in [0.05, 0.1) is 24.7 Å². The van der Waals surface area contributed by atoms with Crippen molar-refractivity contribution in [2.24, 2.45) is 0 Å². The van der Waals surface area contributed by atoms with Crippen LogP contribution in [0.3, 0.4) is 0 Å². The number of morpholine rings is 1. The molecule has 0 saturated carbocycles. The van der Waals surface area contributed by atoms with Gasteiger partial charge in [0, 0.05) is 37.8 Å². The third kappa shape index (κ3) is 6.18. The lowest BCUT2D eigenvalue weighted by Crippen LogP contribution is -2.38. The first-order valence-corrected chi connectivity index (χ1v) is 11.9. The number of ether oxygens (including phenoxy) is 1. The number of halogens is 1. The van der Waals surface area contributed by atoms with E-state index in [1.807, 2.05) is 18.4 Å². The van der Waals surface area contributed by atoms with Crippen molar-refractivity contribution in [3.8, 4) is 11.4 Å². The summed E-state index contributed by atoms with van der Waals surface area (Å²) in [6.45, 7) is 8.62. The topological polar surface area (TPSA) is 98.3 Å². The highest BCUT2D eigenvalue weighted by molar-refractivity contribution is 7.99. The number of hydrogen-bond donors (Lipinski definition) is 1. The fourth-order valence-electron chi connectivity index (χ4n) is 3.40. The first-order valence-electron chi connectivity index (χ1n) is 10.9. The van der Waals surface area contributed by atoms with E-state index in [0.29, 0.717) is 23.4 Å². The van der Waals surface area contributed by atoms with E-state index in [1.54, 1.807) is 18.2 Å². The predicted molar refractivity (Wildman–Crippen MR) is 123 cm³/mol. The second-order valence-corrected chi connectivity index (χ2v) is 8.97. The number of nitrogens with zero attached hydrogens (tertiary/aromatic N) is 5. The Kier molecular flexibility index (Phi) is 7.73. The van der Waals surface area contributed by atoms with Crippen LogP contribution in [0.4, 0.5) is 10.3 Å². The maximum Gasteiger partial charge on any atom is 0.237 e. The Hall–Kier alpha value is -2.76. The highest BCUT2D eigenvalue weighted by atomic mass is 32.2. The Morgan fingerprint density at radius 3 is 2.64 bits per heavy atom. The van der Waals surface area contributed by atoms with Gasteiger partial charge >= 0.3 is 0 Å². The van der Waals surface area contributed by atoms with Gasteiger partial charge in [-0.2, -0.15) is 0 Å². The summed E-state index contributed by atoms with van der Waals surface area (Å²) in [5, 5.41) is 15.9. The maximum absolute atomic E-state index is 13.4. The van der Waals surface area contributed by atoms with Gasteiger partial charge in [-0.05, 0) is 30.2 Å². The molecule has 1 amide bonds. The average Bonchev–Trinajstić information content (AvgIpc) is 3.45. The van der Waals surface area contributed by atoms with Crippen molar-refractivity contribution < 1.29 is 18.4 Å². The van der Waals surface area contributed by atoms with E-state index in [9.17, 15) is 9.18 Å². The molecule has 1 aliphatic rings. The van der Waals surface area contributed by atoms with Gasteiger partial charge in [0.15, 0.2) is 11.0 Å². The molecule has 0 bridgehead atoms. The number of rotatable bonds is 9. The normalized spacial score (nSPS) is 14.7. The summed E-state index contributed by atoms with van der Waals surface area (Å²) in [4.78, 5) is 14.8. The summed E-state index contributed by atoms with van der Waals surface area (Å²) in [6.07, 6.45) is 0. The zero-order valence-corrected chi connectivity index (χ0v) is 19.5. The molecular weight excluding hydrogens is 447 g/mol. The lowest BCUT2D eigenvalue weighted by Gasteiger charge is -2.27. The van der Waals surface area contributed by atoms with Crippen LogP contribution in [-0.2, 0) is 16.1 Å². The number of carbonyl (C=O) groups excluding carboxylic acids is 1. The van der Waals surface area contributed by atoms with Gasteiger partial charge < -0.3 is 13.8 Å². The van der Waals surface area contributed by atoms with Crippen molar-refractivity contribution in [1.82, 2.24) is 24.8 Å². The average molecular weight is 475 g/mol. The molecule has 3 aromatic rings. The Bertz CT molecular complexity index is 1060. The molecule has 0 atom stereocenters. The van der Waals surface area contributed by atoms with E-state index in [-0.39, 0.29) is 23.4 Å². The van der Waals surface area contributed by atoms with Crippen LogP contribution in [0, 0.1) is 5.82 Å². The van der Waals surface area contributed by atoms with E-state index < -0.39 is 0 Å². The molecule has 1 aromatic carbocycles. The lowest BCUT2D eigenvalue weighted by molar-refractivity contribution is -0.113. The number of aromatic nitrogens is 4.